The van der Waals surface area contributed by atoms with Gasteiger partial charge in [-0.25, -0.2) is 9.97 Å². The standard InChI is InChI=1S/C24H21N7O2/c25-13-15-1-6-18(19(26)11-15)20-12-21-22(24(32)28-14-27-21)23(30-20)29-16-2-4-17(5-3-16)31-7-9-33-10-8-31/h1-6,11-12,14H,7-10,26H2,(H,29,30)(H,27,28,32). The zero-order chi connectivity index (χ0) is 22.8. The van der Waals surface area contributed by atoms with Crippen LogP contribution in [0.2, 0.25) is 0 Å². The summed E-state index contributed by atoms with van der Waals surface area (Å²) in [6.45, 7) is 3.15. The Balaban J connectivity index is 1.54. The van der Waals surface area contributed by atoms with E-state index in [1.165, 1.54) is 6.33 Å². The maximum atomic E-state index is 12.6. The molecule has 1 fully saturated rings. The molecule has 0 bridgehead atoms. The molecule has 4 N–H and O–H groups in total. The molecule has 1 aliphatic heterocycles. The van der Waals surface area contributed by atoms with Crippen molar-refractivity contribution in [2.45, 2.75) is 0 Å². The fourth-order valence-corrected chi connectivity index (χ4v) is 3.90. The van der Waals surface area contributed by atoms with Gasteiger partial charge in [0, 0.05) is 35.7 Å². The van der Waals surface area contributed by atoms with Crippen LogP contribution in [0.5, 0.6) is 0 Å². The average molecular weight is 439 g/mol. The summed E-state index contributed by atoms with van der Waals surface area (Å²) in [5.74, 6) is 0.375. The van der Waals surface area contributed by atoms with Crippen molar-refractivity contribution in [3.8, 4) is 17.3 Å². The number of aromatic amines is 1. The second kappa shape index (κ2) is 8.61. The van der Waals surface area contributed by atoms with Gasteiger partial charge in [0.2, 0.25) is 0 Å². The van der Waals surface area contributed by atoms with Gasteiger partial charge in [-0.2, -0.15) is 5.26 Å². The lowest BCUT2D eigenvalue weighted by Gasteiger charge is -2.28. The first kappa shape index (κ1) is 20.5. The van der Waals surface area contributed by atoms with Crippen molar-refractivity contribution < 1.29 is 4.74 Å². The molecule has 2 aromatic heterocycles. The van der Waals surface area contributed by atoms with Crippen LogP contribution in [-0.4, -0.2) is 41.3 Å². The number of nitrogens with two attached hydrogens (primary N) is 1. The Hall–Kier alpha value is -4.42. The molecule has 1 saturated heterocycles. The van der Waals surface area contributed by atoms with Crippen LogP contribution in [0.25, 0.3) is 22.2 Å². The van der Waals surface area contributed by atoms with E-state index in [1.54, 1.807) is 24.3 Å². The summed E-state index contributed by atoms with van der Waals surface area (Å²) in [4.78, 5) is 26.5. The monoisotopic (exact) mass is 439 g/mol. The minimum Gasteiger partial charge on any atom is -0.398 e. The van der Waals surface area contributed by atoms with Crippen LogP contribution in [0.1, 0.15) is 5.56 Å². The summed E-state index contributed by atoms with van der Waals surface area (Å²) in [5, 5.41) is 12.7. The van der Waals surface area contributed by atoms with E-state index in [2.05, 4.69) is 26.3 Å². The predicted molar refractivity (Wildman–Crippen MR) is 127 cm³/mol. The van der Waals surface area contributed by atoms with Crippen molar-refractivity contribution in [1.82, 2.24) is 15.0 Å². The first-order valence-corrected chi connectivity index (χ1v) is 10.5. The fraction of sp³-hybridized carbons (Fsp3) is 0.167. The van der Waals surface area contributed by atoms with Gasteiger partial charge in [0.1, 0.15) is 11.2 Å². The smallest absolute Gasteiger partial charge is 0.262 e. The first-order valence-electron chi connectivity index (χ1n) is 10.5. The number of nitrogen functional groups attached to an aromatic ring is 1. The van der Waals surface area contributed by atoms with Gasteiger partial charge in [-0.05, 0) is 48.5 Å². The summed E-state index contributed by atoms with van der Waals surface area (Å²) < 4.78 is 5.42. The van der Waals surface area contributed by atoms with Gasteiger partial charge in [0.05, 0.1) is 42.4 Å². The Labute approximate surface area is 189 Å². The van der Waals surface area contributed by atoms with Crippen LogP contribution < -0.4 is 21.5 Å². The molecule has 4 aromatic rings. The predicted octanol–water partition coefficient (Wildman–Crippen LogP) is 3.02. The van der Waals surface area contributed by atoms with E-state index in [9.17, 15) is 4.79 Å². The molecule has 0 amide bonds. The highest BCUT2D eigenvalue weighted by Gasteiger charge is 2.15. The lowest BCUT2D eigenvalue weighted by molar-refractivity contribution is 0.122. The molecule has 9 nitrogen and oxygen atoms in total. The maximum Gasteiger partial charge on any atom is 0.262 e. The summed E-state index contributed by atoms with van der Waals surface area (Å²) in [6, 6.07) is 16.8. The number of benzene rings is 2. The van der Waals surface area contributed by atoms with Crippen molar-refractivity contribution in [3.63, 3.8) is 0 Å². The van der Waals surface area contributed by atoms with Crippen LogP contribution in [0, 0.1) is 11.3 Å². The first-order chi connectivity index (χ1) is 16.1. The van der Waals surface area contributed by atoms with Gasteiger partial charge in [-0.15, -0.1) is 0 Å². The third-order valence-corrected chi connectivity index (χ3v) is 5.59. The molecule has 0 saturated carbocycles. The third kappa shape index (κ3) is 4.07. The zero-order valence-electron chi connectivity index (χ0n) is 17.7. The number of aromatic nitrogens is 3. The molecule has 2 aromatic carbocycles. The Morgan fingerprint density at radius 2 is 1.91 bits per heavy atom. The molecule has 0 radical (unpaired) electrons. The van der Waals surface area contributed by atoms with Crippen molar-refractivity contribution in [2.24, 2.45) is 0 Å². The van der Waals surface area contributed by atoms with Crippen molar-refractivity contribution in [1.29, 1.82) is 5.26 Å². The highest BCUT2D eigenvalue weighted by molar-refractivity contribution is 5.94. The van der Waals surface area contributed by atoms with E-state index in [-0.39, 0.29) is 5.56 Å². The van der Waals surface area contributed by atoms with E-state index >= 15 is 0 Å². The number of fused-ring (bicyclic) bond motifs is 1. The van der Waals surface area contributed by atoms with E-state index in [1.807, 2.05) is 24.3 Å². The molecule has 33 heavy (non-hydrogen) atoms. The molecule has 3 heterocycles. The number of hydrogen-bond donors (Lipinski definition) is 3. The van der Waals surface area contributed by atoms with Crippen molar-refractivity contribution in [3.05, 3.63) is 70.8 Å². The SMILES string of the molecule is N#Cc1ccc(-c2cc3nc[nH]c(=O)c3c(Nc3ccc(N4CCOCC4)cc3)n2)c(N)c1. The van der Waals surface area contributed by atoms with Crippen LogP contribution in [0.4, 0.5) is 22.9 Å². The number of H-pyrrole nitrogens is 1. The van der Waals surface area contributed by atoms with E-state index < -0.39 is 0 Å². The number of nitrogens with zero attached hydrogens (tertiary/aromatic N) is 4. The number of morpholine rings is 1. The molecule has 9 heteroatoms. The van der Waals surface area contributed by atoms with Gasteiger partial charge in [-0.3, -0.25) is 4.79 Å². The molecular weight excluding hydrogens is 418 g/mol. The lowest BCUT2D eigenvalue weighted by atomic mass is 10.1. The molecule has 0 aliphatic carbocycles. The fourth-order valence-electron chi connectivity index (χ4n) is 3.90. The molecule has 0 atom stereocenters. The molecule has 0 unspecified atom stereocenters. The van der Waals surface area contributed by atoms with Crippen LogP contribution >= 0.6 is 0 Å². The Morgan fingerprint density at radius 3 is 2.64 bits per heavy atom. The van der Waals surface area contributed by atoms with Crippen LogP contribution in [0.15, 0.2) is 59.7 Å². The maximum absolute atomic E-state index is 12.6. The van der Waals surface area contributed by atoms with E-state index in [0.717, 1.165) is 37.7 Å². The summed E-state index contributed by atoms with van der Waals surface area (Å²) >= 11 is 0. The number of hydrogen-bond acceptors (Lipinski definition) is 8. The van der Waals surface area contributed by atoms with Crippen LogP contribution in [-0.2, 0) is 4.74 Å². The highest BCUT2D eigenvalue weighted by atomic mass is 16.5. The topological polar surface area (TPSA) is 133 Å². The van der Waals surface area contributed by atoms with Gasteiger partial charge >= 0.3 is 0 Å². The largest absolute Gasteiger partial charge is 0.398 e. The summed E-state index contributed by atoms with van der Waals surface area (Å²) in [5.41, 5.74) is 10.4. The number of nitriles is 1. The number of ether oxygens (including phenoxy) is 1. The second-order valence-corrected chi connectivity index (χ2v) is 7.67. The van der Waals surface area contributed by atoms with Gasteiger partial charge < -0.3 is 25.7 Å². The van der Waals surface area contributed by atoms with Gasteiger partial charge in [0.15, 0.2) is 0 Å². The number of rotatable bonds is 4. The Morgan fingerprint density at radius 1 is 1.12 bits per heavy atom. The minimum atomic E-state index is -0.292. The number of pyridine rings is 1. The molecule has 5 rings (SSSR count). The summed E-state index contributed by atoms with van der Waals surface area (Å²) in [6.07, 6.45) is 1.36. The molecule has 164 valence electrons. The van der Waals surface area contributed by atoms with E-state index in [0.29, 0.717) is 39.2 Å². The Kier molecular flexibility index (Phi) is 5.34. The van der Waals surface area contributed by atoms with Gasteiger partial charge in [0.25, 0.3) is 5.56 Å². The quantitative estimate of drug-likeness (QED) is 0.413. The Bertz CT molecular complexity index is 1420. The average Bonchev–Trinajstić information content (AvgIpc) is 2.85. The number of nitrogens with one attached hydrogen (secondary N) is 2. The van der Waals surface area contributed by atoms with Crippen molar-refractivity contribution >= 4 is 33.8 Å². The molecular formula is C24H21N7O2. The normalized spacial score (nSPS) is 13.6. The number of anilines is 4. The second-order valence-electron chi connectivity index (χ2n) is 7.67. The molecule has 0 spiro atoms. The van der Waals surface area contributed by atoms with Gasteiger partial charge in [-0.1, -0.05) is 0 Å². The highest BCUT2D eigenvalue weighted by Crippen LogP contribution is 2.31. The molecule has 1 aliphatic rings. The minimum absolute atomic E-state index is 0.292. The summed E-state index contributed by atoms with van der Waals surface area (Å²) in [7, 11) is 0. The van der Waals surface area contributed by atoms with Crippen LogP contribution in [0.3, 0.4) is 0 Å². The zero-order valence-corrected chi connectivity index (χ0v) is 17.7. The van der Waals surface area contributed by atoms with Crippen molar-refractivity contribution in [2.75, 3.05) is 42.3 Å². The lowest BCUT2D eigenvalue weighted by Crippen LogP contribution is -2.36. The van der Waals surface area contributed by atoms with E-state index in [4.69, 9.17) is 20.7 Å². The third-order valence-electron chi connectivity index (χ3n) is 5.59.